The van der Waals surface area contributed by atoms with E-state index in [0.29, 0.717) is 24.2 Å². The minimum absolute atomic E-state index is 0.0343. The maximum atomic E-state index is 12.0. The minimum Gasteiger partial charge on any atom is -0.379 e. The van der Waals surface area contributed by atoms with E-state index in [1.165, 1.54) is 83.5 Å². The Bertz CT molecular complexity index is 472. The number of phosphoric ester groups is 1. The van der Waals surface area contributed by atoms with Crippen molar-refractivity contribution in [3.05, 3.63) is 0 Å². The molecule has 0 aliphatic heterocycles. The zero-order valence-electron chi connectivity index (χ0n) is 22.4. The summed E-state index contributed by atoms with van der Waals surface area (Å²) in [5.41, 5.74) is 0. The molecule has 0 fully saturated rings. The summed E-state index contributed by atoms with van der Waals surface area (Å²) in [5, 5.41) is 0. The Hall–Kier alpha value is -0.0100. The van der Waals surface area contributed by atoms with Crippen molar-refractivity contribution in [2.75, 3.05) is 61.2 Å². The standard InChI is InChI=1S/C25H54NO6P/c1-6-7-8-9-10-11-12-13-14-15-16-17-18-19-21-30-23-25(29-5)24-32-33(27,28)31-22-20-26(2,3)4/h25H,6-24H2,1-5H3/p+1. The molecule has 200 valence electrons. The average Bonchev–Trinajstić information content (AvgIpc) is 2.74. The van der Waals surface area contributed by atoms with Crippen molar-refractivity contribution in [3.63, 3.8) is 0 Å². The minimum atomic E-state index is -4.07. The second-order valence-electron chi connectivity index (χ2n) is 10.1. The molecule has 0 heterocycles. The fourth-order valence-electron chi connectivity index (χ4n) is 3.44. The molecular weight excluding hydrogens is 441 g/mol. The first kappa shape index (κ1) is 33.0. The lowest BCUT2D eigenvalue weighted by atomic mass is 10.0. The van der Waals surface area contributed by atoms with E-state index in [9.17, 15) is 9.46 Å². The van der Waals surface area contributed by atoms with Gasteiger partial charge in [-0.05, 0) is 6.42 Å². The third-order valence-corrected chi connectivity index (χ3v) is 6.70. The SMILES string of the molecule is CCCCCCCCCCCCCCCCOCC(COP(=O)(O)OCC[N+](C)(C)C)OC. The van der Waals surface area contributed by atoms with Gasteiger partial charge in [0.15, 0.2) is 0 Å². The topological polar surface area (TPSA) is 74.2 Å². The quantitative estimate of drug-likeness (QED) is 0.0903. The van der Waals surface area contributed by atoms with Crippen LogP contribution in [0.15, 0.2) is 0 Å². The highest BCUT2D eigenvalue weighted by Crippen LogP contribution is 2.43. The third-order valence-electron chi connectivity index (χ3n) is 5.72. The first-order valence-corrected chi connectivity index (χ1v) is 14.7. The van der Waals surface area contributed by atoms with Gasteiger partial charge in [0.2, 0.25) is 0 Å². The second kappa shape index (κ2) is 21.3. The smallest absolute Gasteiger partial charge is 0.379 e. The van der Waals surface area contributed by atoms with Crippen LogP contribution in [0.4, 0.5) is 0 Å². The number of likely N-dealkylation sites (N-methyl/N-ethyl adjacent to an activating group) is 1. The highest BCUT2D eigenvalue weighted by atomic mass is 31.2. The van der Waals surface area contributed by atoms with Gasteiger partial charge in [0.25, 0.3) is 0 Å². The monoisotopic (exact) mass is 496 g/mol. The van der Waals surface area contributed by atoms with Gasteiger partial charge < -0.3 is 18.9 Å². The second-order valence-corrected chi connectivity index (χ2v) is 11.6. The molecule has 0 saturated heterocycles. The van der Waals surface area contributed by atoms with Gasteiger partial charge in [-0.1, -0.05) is 90.4 Å². The lowest BCUT2D eigenvalue weighted by molar-refractivity contribution is -0.870. The largest absolute Gasteiger partial charge is 0.472 e. The van der Waals surface area contributed by atoms with E-state index >= 15 is 0 Å². The maximum Gasteiger partial charge on any atom is 0.472 e. The van der Waals surface area contributed by atoms with Gasteiger partial charge in [-0.15, -0.1) is 0 Å². The van der Waals surface area contributed by atoms with Gasteiger partial charge in [0.05, 0.1) is 34.4 Å². The molecule has 0 bridgehead atoms. The number of phosphoric acid groups is 1. The Balaban J connectivity index is 3.53. The number of nitrogens with zero attached hydrogens (tertiary/aromatic N) is 1. The zero-order chi connectivity index (χ0) is 24.8. The average molecular weight is 497 g/mol. The van der Waals surface area contributed by atoms with Crippen molar-refractivity contribution in [1.29, 1.82) is 0 Å². The normalized spacial score (nSPS) is 15.0. The number of hydrogen-bond acceptors (Lipinski definition) is 5. The highest BCUT2D eigenvalue weighted by molar-refractivity contribution is 7.47. The van der Waals surface area contributed by atoms with E-state index in [4.69, 9.17) is 18.5 Å². The van der Waals surface area contributed by atoms with Gasteiger partial charge in [0.1, 0.15) is 19.3 Å². The van der Waals surface area contributed by atoms with E-state index in [0.717, 1.165) is 6.42 Å². The lowest BCUT2D eigenvalue weighted by Crippen LogP contribution is -2.37. The van der Waals surface area contributed by atoms with Gasteiger partial charge in [0, 0.05) is 13.7 Å². The Labute approximate surface area is 204 Å². The summed E-state index contributed by atoms with van der Waals surface area (Å²) in [4.78, 5) is 9.78. The molecule has 0 radical (unpaired) electrons. The molecule has 0 aromatic rings. The van der Waals surface area contributed by atoms with Gasteiger partial charge >= 0.3 is 7.82 Å². The van der Waals surface area contributed by atoms with Crippen molar-refractivity contribution in [2.24, 2.45) is 0 Å². The predicted octanol–water partition coefficient (Wildman–Crippen LogP) is 6.34. The fourth-order valence-corrected chi connectivity index (χ4v) is 4.18. The van der Waals surface area contributed by atoms with Gasteiger partial charge in [-0.2, -0.15) is 0 Å². The summed E-state index contributed by atoms with van der Waals surface area (Å²) in [6.45, 7) is 4.02. The molecule has 8 heteroatoms. The number of unbranched alkanes of at least 4 members (excludes halogenated alkanes) is 13. The molecule has 0 aromatic carbocycles. The number of ether oxygens (including phenoxy) is 2. The molecule has 7 nitrogen and oxygen atoms in total. The molecule has 0 aliphatic rings. The van der Waals surface area contributed by atoms with Gasteiger partial charge in [-0.25, -0.2) is 4.57 Å². The van der Waals surface area contributed by atoms with E-state index < -0.39 is 7.82 Å². The number of quaternary nitrogens is 1. The molecule has 0 aliphatic carbocycles. The molecule has 2 unspecified atom stereocenters. The number of rotatable bonds is 25. The van der Waals surface area contributed by atoms with Crippen molar-refractivity contribution in [3.8, 4) is 0 Å². The van der Waals surface area contributed by atoms with E-state index in [2.05, 4.69) is 6.92 Å². The molecule has 0 rings (SSSR count). The van der Waals surface area contributed by atoms with Crippen LogP contribution in [0.1, 0.15) is 96.8 Å². The Morgan fingerprint density at radius 1 is 0.727 bits per heavy atom. The van der Waals surface area contributed by atoms with Crippen molar-refractivity contribution >= 4 is 7.82 Å². The summed E-state index contributed by atoms with van der Waals surface area (Å²) in [6.07, 6.45) is 18.3. The summed E-state index contributed by atoms with van der Waals surface area (Å²) in [6, 6.07) is 0. The van der Waals surface area contributed by atoms with Crippen LogP contribution in [0.5, 0.6) is 0 Å². The zero-order valence-corrected chi connectivity index (χ0v) is 23.3. The van der Waals surface area contributed by atoms with Crippen LogP contribution in [0.2, 0.25) is 0 Å². The Morgan fingerprint density at radius 2 is 1.21 bits per heavy atom. The highest BCUT2D eigenvalue weighted by Gasteiger charge is 2.24. The van der Waals surface area contributed by atoms with Gasteiger partial charge in [-0.3, -0.25) is 9.05 Å². The molecule has 2 atom stereocenters. The predicted molar refractivity (Wildman–Crippen MR) is 137 cm³/mol. The van der Waals surface area contributed by atoms with Crippen molar-refractivity contribution < 1.29 is 32.5 Å². The lowest BCUT2D eigenvalue weighted by Gasteiger charge is -2.24. The summed E-state index contributed by atoms with van der Waals surface area (Å²) in [7, 11) is 3.45. The third kappa shape index (κ3) is 24.9. The van der Waals surface area contributed by atoms with E-state index in [1.807, 2.05) is 21.1 Å². The Kier molecular flexibility index (Phi) is 21.3. The molecule has 0 amide bonds. The molecule has 1 N–H and O–H groups in total. The van der Waals surface area contributed by atoms with Crippen LogP contribution >= 0.6 is 7.82 Å². The van der Waals surface area contributed by atoms with Crippen LogP contribution in [0.25, 0.3) is 0 Å². The van der Waals surface area contributed by atoms with Crippen LogP contribution in [-0.4, -0.2) is 76.7 Å². The van der Waals surface area contributed by atoms with Crippen molar-refractivity contribution in [1.82, 2.24) is 0 Å². The van der Waals surface area contributed by atoms with Crippen LogP contribution < -0.4 is 0 Å². The molecular formula is C25H55NO6P+. The molecule has 33 heavy (non-hydrogen) atoms. The van der Waals surface area contributed by atoms with Crippen LogP contribution in [0, 0.1) is 0 Å². The maximum absolute atomic E-state index is 12.0. The van der Waals surface area contributed by atoms with E-state index in [-0.39, 0.29) is 19.3 Å². The summed E-state index contributed by atoms with van der Waals surface area (Å²) < 4.78 is 33.6. The number of methoxy groups -OCH3 is 1. The summed E-state index contributed by atoms with van der Waals surface area (Å²) >= 11 is 0. The fraction of sp³-hybridized carbons (Fsp3) is 1.00. The molecule has 0 aromatic heterocycles. The van der Waals surface area contributed by atoms with Crippen LogP contribution in [0.3, 0.4) is 0 Å². The number of hydrogen-bond donors (Lipinski definition) is 1. The molecule has 0 saturated carbocycles. The first-order chi connectivity index (χ1) is 15.7. The van der Waals surface area contributed by atoms with Crippen molar-refractivity contribution in [2.45, 2.75) is 103 Å². The molecule has 0 spiro atoms. The van der Waals surface area contributed by atoms with E-state index in [1.54, 1.807) is 7.11 Å². The van der Waals surface area contributed by atoms with Crippen LogP contribution in [-0.2, 0) is 23.1 Å². The Morgan fingerprint density at radius 3 is 1.67 bits per heavy atom. The first-order valence-electron chi connectivity index (χ1n) is 13.2. The summed E-state index contributed by atoms with van der Waals surface area (Å²) in [5.74, 6) is 0.